The van der Waals surface area contributed by atoms with E-state index in [1.54, 1.807) is 11.3 Å². The highest BCUT2D eigenvalue weighted by atomic mass is 35.5. The molecule has 1 unspecified atom stereocenters. The van der Waals surface area contributed by atoms with E-state index in [0.29, 0.717) is 6.04 Å². The maximum absolute atomic E-state index is 6.05. The Morgan fingerprint density at radius 1 is 1.15 bits per heavy atom. The molecule has 1 heterocycles. The van der Waals surface area contributed by atoms with E-state index in [9.17, 15) is 0 Å². The van der Waals surface area contributed by atoms with Crippen LogP contribution < -0.4 is 5.32 Å². The second kappa shape index (κ2) is 6.75. The quantitative estimate of drug-likeness (QED) is 0.800. The van der Waals surface area contributed by atoms with Gasteiger partial charge in [-0.3, -0.25) is 0 Å². The van der Waals surface area contributed by atoms with Gasteiger partial charge in [0.05, 0.1) is 4.34 Å². The second-order valence-electron chi connectivity index (χ2n) is 5.61. The van der Waals surface area contributed by atoms with Gasteiger partial charge in [-0.2, -0.15) is 0 Å². The van der Waals surface area contributed by atoms with Crippen molar-refractivity contribution in [2.75, 3.05) is 6.54 Å². The number of thiophene rings is 1. The van der Waals surface area contributed by atoms with Crippen LogP contribution in [0.25, 0.3) is 0 Å². The Kier molecular flexibility index (Phi) is 5.25. The summed E-state index contributed by atoms with van der Waals surface area (Å²) in [5.74, 6) is 0. The van der Waals surface area contributed by atoms with Crippen molar-refractivity contribution < 1.29 is 0 Å². The second-order valence-corrected chi connectivity index (χ2v) is 7.41. The molecule has 1 aromatic carbocycles. The van der Waals surface area contributed by atoms with Gasteiger partial charge in [0.1, 0.15) is 0 Å². The minimum absolute atomic E-state index is 0.0771. The fourth-order valence-electron chi connectivity index (χ4n) is 2.56. The van der Waals surface area contributed by atoms with Gasteiger partial charge in [-0.05, 0) is 30.7 Å². The third-order valence-corrected chi connectivity index (χ3v) is 5.13. The lowest BCUT2D eigenvalue weighted by molar-refractivity contribution is 0.344. The number of benzene rings is 1. The normalized spacial score (nSPS) is 13.4. The molecule has 0 fully saturated rings. The van der Waals surface area contributed by atoms with E-state index in [0.717, 1.165) is 17.3 Å². The Labute approximate surface area is 131 Å². The van der Waals surface area contributed by atoms with Crippen molar-refractivity contribution >= 4 is 22.9 Å². The highest BCUT2D eigenvalue weighted by Gasteiger charge is 2.30. The molecule has 1 aromatic heterocycles. The standard InChI is InChI=1S/C17H22ClNS/c1-4-19-15(12-14-10-11-16(18)20-14)17(2,3)13-8-6-5-7-9-13/h5-11,15,19H,4,12H2,1-3H3. The van der Waals surface area contributed by atoms with E-state index >= 15 is 0 Å². The summed E-state index contributed by atoms with van der Waals surface area (Å²) in [5, 5.41) is 3.64. The summed E-state index contributed by atoms with van der Waals surface area (Å²) in [5.41, 5.74) is 1.45. The number of hydrogen-bond donors (Lipinski definition) is 1. The first-order chi connectivity index (χ1) is 9.54. The van der Waals surface area contributed by atoms with Crippen LogP contribution in [0.1, 0.15) is 31.2 Å². The van der Waals surface area contributed by atoms with Crippen molar-refractivity contribution in [3.8, 4) is 0 Å². The van der Waals surface area contributed by atoms with Crippen LogP contribution in [-0.4, -0.2) is 12.6 Å². The average Bonchev–Trinajstić information content (AvgIpc) is 2.85. The molecule has 20 heavy (non-hydrogen) atoms. The Morgan fingerprint density at radius 3 is 2.40 bits per heavy atom. The van der Waals surface area contributed by atoms with Gasteiger partial charge in [0.25, 0.3) is 0 Å². The Bertz CT molecular complexity index is 533. The lowest BCUT2D eigenvalue weighted by Crippen LogP contribution is -2.46. The molecule has 1 nitrogen and oxygen atoms in total. The third-order valence-electron chi connectivity index (χ3n) is 3.87. The highest BCUT2D eigenvalue weighted by molar-refractivity contribution is 7.16. The molecule has 1 atom stereocenters. The molecule has 0 saturated carbocycles. The van der Waals surface area contributed by atoms with Crippen LogP contribution in [0.4, 0.5) is 0 Å². The first-order valence-corrected chi connectivity index (χ1v) is 8.26. The summed E-state index contributed by atoms with van der Waals surface area (Å²) >= 11 is 7.73. The number of nitrogens with one attached hydrogen (secondary N) is 1. The van der Waals surface area contributed by atoms with Crippen LogP contribution in [0.15, 0.2) is 42.5 Å². The Hall–Kier alpha value is -0.830. The van der Waals surface area contributed by atoms with Gasteiger partial charge in [0.15, 0.2) is 0 Å². The molecule has 0 saturated heterocycles. The van der Waals surface area contributed by atoms with E-state index < -0.39 is 0 Å². The van der Waals surface area contributed by atoms with Crippen molar-refractivity contribution in [3.05, 3.63) is 57.2 Å². The topological polar surface area (TPSA) is 12.0 Å². The molecular weight excluding hydrogens is 286 g/mol. The van der Waals surface area contributed by atoms with Crippen molar-refractivity contribution in [1.82, 2.24) is 5.32 Å². The van der Waals surface area contributed by atoms with E-state index in [1.807, 2.05) is 6.07 Å². The molecule has 2 rings (SSSR count). The van der Waals surface area contributed by atoms with Gasteiger partial charge in [-0.15, -0.1) is 11.3 Å². The van der Waals surface area contributed by atoms with Crippen LogP contribution in [0.5, 0.6) is 0 Å². The smallest absolute Gasteiger partial charge is 0.0931 e. The summed E-state index contributed by atoms with van der Waals surface area (Å²) < 4.78 is 0.868. The fourth-order valence-corrected chi connectivity index (χ4v) is 3.69. The molecular formula is C17H22ClNS. The molecule has 1 N–H and O–H groups in total. The summed E-state index contributed by atoms with van der Waals surface area (Å²) in [4.78, 5) is 1.34. The van der Waals surface area contributed by atoms with Crippen molar-refractivity contribution in [1.29, 1.82) is 0 Å². The molecule has 0 spiro atoms. The maximum Gasteiger partial charge on any atom is 0.0931 e. The van der Waals surface area contributed by atoms with Gasteiger partial charge in [-0.25, -0.2) is 0 Å². The Balaban J connectivity index is 2.23. The van der Waals surface area contributed by atoms with Crippen LogP contribution in [0.3, 0.4) is 0 Å². The van der Waals surface area contributed by atoms with Crippen LogP contribution in [0.2, 0.25) is 4.34 Å². The van der Waals surface area contributed by atoms with Crippen LogP contribution >= 0.6 is 22.9 Å². The molecule has 0 radical (unpaired) electrons. The lowest BCUT2D eigenvalue weighted by atomic mass is 9.76. The first-order valence-electron chi connectivity index (χ1n) is 7.07. The number of halogens is 1. The molecule has 0 aliphatic rings. The molecule has 0 amide bonds. The SMILES string of the molecule is CCNC(Cc1ccc(Cl)s1)C(C)(C)c1ccccc1. The third kappa shape index (κ3) is 3.63. The predicted octanol–water partition coefficient (Wildman–Crippen LogP) is 4.90. The van der Waals surface area contributed by atoms with Crippen molar-refractivity contribution in [3.63, 3.8) is 0 Å². The summed E-state index contributed by atoms with van der Waals surface area (Å²) in [6, 6.07) is 15.2. The summed E-state index contributed by atoms with van der Waals surface area (Å²) in [6.45, 7) is 7.76. The van der Waals surface area contributed by atoms with Gasteiger partial charge >= 0.3 is 0 Å². The average molecular weight is 308 g/mol. The van der Waals surface area contributed by atoms with Crippen LogP contribution in [0, 0.1) is 0 Å². The van der Waals surface area contributed by atoms with Crippen molar-refractivity contribution in [2.45, 2.75) is 38.6 Å². The maximum atomic E-state index is 6.05. The monoisotopic (exact) mass is 307 g/mol. The molecule has 108 valence electrons. The van der Waals surface area contributed by atoms with E-state index in [-0.39, 0.29) is 5.41 Å². The fraction of sp³-hybridized carbons (Fsp3) is 0.412. The minimum atomic E-state index is 0.0771. The number of rotatable bonds is 6. The lowest BCUT2D eigenvalue weighted by Gasteiger charge is -2.35. The van der Waals surface area contributed by atoms with Gasteiger partial charge < -0.3 is 5.32 Å². The summed E-state index contributed by atoms with van der Waals surface area (Å²) in [7, 11) is 0. The first kappa shape index (κ1) is 15.6. The van der Waals surface area contributed by atoms with Gasteiger partial charge in [-0.1, -0.05) is 62.7 Å². The summed E-state index contributed by atoms with van der Waals surface area (Å²) in [6.07, 6.45) is 1.01. The number of hydrogen-bond acceptors (Lipinski definition) is 2. The van der Waals surface area contributed by atoms with E-state index in [2.05, 4.69) is 62.5 Å². The van der Waals surface area contributed by atoms with Crippen LogP contribution in [-0.2, 0) is 11.8 Å². The zero-order valence-electron chi connectivity index (χ0n) is 12.3. The number of likely N-dealkylation sites (N-methyl/N-ethyl adjacent to an activating group) is 1. The molecule has 0 bridgehead atoms. The minimum Gasteiger partial charge on any atom is -0.313 e. The van der Waals surface area contributed by atoms with E-state index in [4.69, 9.17) is 11.6 Å². The molecule has 2 aromatic rings. The van der Waals surface area contributed by atoms with E-state index in [1.165, 1.54) is 10.4 Å². The largest absolute Gasteiger partial charge is 0.313 e. The highest BCUT2D eigenvalue weighted by Crippen LogP contribution is 2.31. The molecule has 3 heteroatoms. The predicted molar refractivity (Wildman–Crippen MR) is 90.0 cm³/mol. The molecule has 0 aliphatic carbocycles. The molecule has 0 aliphatic heterocycles. The Morgan fingerprint density at radius 2 is 1.85 bits per heavy atom. The van der Waals surface area contributed by atoms with Crippen molar-refractivity contribution in [2.24, 2.45) is 0 Å². The van der Waals surface area contributed by atoms with Gasteiger partial charge in [0, 0.05) is 16.3 Å². The zero-order chi connectivity index (χ0) is 14.6. The van der Waals surface area contributed by atoms with Gasteiger partial charge in [0.2, 0.25) is 0 Å². The zero-order valence-corrected chi connectivity index (χ0v) is 13.9.